The van der Waals surface area contributed by atoms with Crippen molar-refractivity contribution in [3.05, 3.63) is 29.6 Å². The van der Waals surface area contributed by atoms with E-state index in [0.29, 0.717) is 5.56 Å². The van der Waals surface area contributed by atoms with E-state index in [-0.39, 0.29) is 6.04 Å². The van der Waals surface area contributed by atoms with Gasteiger partial charge in [-0.3, -0.25) is 0 Å². The van der Waals surface area contributed by atoms with Crippen LogP contribution in [-0.4, -0.2) is 0 Å². The molecule has 0 aliphatic carbocycles. The molecule has 0 spiro atoms. The average molecular weight is 221 g/mol. The van der Waals surface area contributed by atoms with E-state index in [4.69, 9.17) is 5.73 Å². The third-order valence-corrected chi connectivity index (χ3v) is 1.67. The summed E-state index contributed by atoms with van der Waals surface area (Å²) in [5, 5.41) is 0. The fourth-order valence-electron chi connectivity index (χ4n) is 0.896. The van der Waals surface area contributed by atoms with Crippen LogP contribution in [0, 0.1) is 0 Å². The molecule has 0 saturated carbocycles. The molecule has 0 unspecified atom stereocenters. The predicted octanol–water partition coefficient (Wildman–Crippen LogP) is 2.57. The number of H-pyrrole nitrogens is 1. The van der Waals surface area contributed by atoms with Crippen molar-refractivity contribution < 1.29 is 18.2 Å². The average Bonchev–Trinajstić information content (AvgIpc) is 2.20. The van der Waals surface area contributed by atoms with Crippen LogP contribution in [0.2, 0.25) is 0 Å². The molecule has 15 heavy (non-hydrogen) atoms. The first-order valence-corrected chi connectivity index (χ1v) is 4.75. The summed E-state index contributed by atoms with van der Waals surface area (Å²) < 4.78 is 36.2. The summed E-state index contributed by atoms with van der Waals surface area (Å²) in [6.45, 7) is 5.70. The van der Waals surface area contributed by atoms with Crippen LogP contribution in [0.3, 0.4) is 0 Å². The topological polar surface area (TPSA) is 40.2 Å². The Morgan fingerprint density at radius 2 is 1.80 bits per heavy atom. The number of rotatable bonds is 1. The van der Waals surface area contributed by atoms with Gasteiger partial charge in [0, 0.05) is 17.7 Å². The lowest BCUT2D eigenvalue weighted by molar-refractivity contribution is -0.426. The molecule has 0 aliphatic rings. The Labute approximate surface area is 87.3 Å². The minimum absolute atomic E-state index is 0.265. The van der Waals surface area contributed by atoms with Gasteiger partial charge in [-0.15, -0.1) is 0 Å². The van der Waals surface area contributed by atoms with Crippen LogP contribution < -0.4 is 10.7 Å². The highest BCUT2D eigenvalue weighted by Crippen LogP contribution is 2.25. The molecule has 1 heterocycles. The summed E-state index contributed by atoms with van der Waals surface area (Å²) in [5.74, 6) is 0. The molecular formula is C10H16F3N2+. The number of pyridine rings is 1. The highest BCUT2D eigenvalue weighted by molar-refractivity contribution is 5.13. The largest absolute Gasteiger partial charge is 0.477 e. The number of nitrogens with one attached hydrogen (secondary N) is 1. The number of nitrogens with two attached hydrogens (primary N) is 1. The minimum Gasteiger partial charge on any atom is -0.324 e. The quantitative estimate of drug-likeness (QED) is 0.777. The Bertz CT molecular complexity index is 278. The fourth-order valence-corrected chi connectivity index (χ4v) is 0.896. The molecule has 2 nitrogen and oxygen atoms in total. The smallest absolute Gasteiger partial charge is 0.324 e. The van der Waals surface area contributed by atoms with E-state index in [0.717, 1.165) is 6.07 Å². The van der Waals surface area contributed by atoms with Gasteiger partial charge in [0.2, 0.25) is 0 Å². The van der Waals surface area contributed by atoms with E-state index < -0.39 is 11.9 Å². The Kier molecular flexibility index (Phi) is 5.28. The highest BCUT2D eigenvalue weighted by Gasteiger charge is 2.37. The number of aromatic nitrogens is 1. The van der Waals surface area contributed by atoms with Crippen molar-refractivity contribution in [1.29, 1.82) is 0 Å². The summed E-state index contributed by atoms with van der Waals surface area (Å²) in [7, 11) is 0. The Balaban J connectivity index is 0.000000921. The van der Waals surface area contributed by atoms with Gasteiger partial charge in [0.1, 0.15) is 0 Å². The molecule has 0 amide bonds. The molecule has 3 N–H and O–H groups in total. The van der Waals surface area contributed by atoms with Gasteiger partial charge in [0.25, 0.3) is 5.69 Å². The number of hydrogen-bond donors (Lipinski definition) is 1. The van der Waals surface area contributed by atoms with E-state index in [1.54, 1.807) is 6.92 Å². The fraction of sp³-hybridized carbons (Fsp3) is 0.500. The zero-order chi connectivity index (χ0) is 12.1. The Morgan fingerprint density at radius 3 is 2.07 bits per heavy atom. The van der Waals surface area contributed by atoms with Crippen LogP contribution in [0.5, 0.6) is 0 Å². The number of alkyl halides is 3. The van der Waals surface area contributed by atoms with Gasteiger partial charge in [-0.1, -0.05) is 13.8 Å². The zero-order valence-corrected chi connectivity index (χ0v) is 9.02. The molecule has 0 saturated heterocycles. The van der Waals surface area contributed by atoms with Gasteiger partial charge >= 0.3 is 6.18 Å². The van der Waals surface area contributed by atoms with Gasteiger partial charge in [0.15, 0.2) is 6.20 Å². The predicted molar refractivity (Wildman–Crippen MR) is 52.0 cm³/mol. The molecule has 5 heteroatoms. The molecule has 86 valence electrons. The van der Waals surface area contributed by atoms with Gasteiger partial charge < -0.3 is 5.73 Å². The monoisotopic (exact) mass is 221 g/mol. The summed E-state index contributed by atoms with van der Waals surface area (Å²) in [6.07, 6.45) is -3.05. The van der Waals surface area contributed by atoms with Crippen LogP contribution in [-0.2, 0) is 6.18 Å². The molecule has 0 bridgehead atoms. The van der Waals surface area contributed by atoms with Crippen molar-refractivity contribution in [2.75, 3.05) is 0 Å². The summed E-state index contributed by atoms with van der Waals surface area (Å²) >= 11 is 0. The molecular weight excluding hydrogens is 205 g/mol. The van der Waals surface area contributed by atoms with E-state index >= 15 is 0 Å². The second kappa shape index (κ2) is 5.70. The maximum Gasteiger partial charge on any atom is 0.477 e. The standard InChI is InChI=1S/C8H9F3N2.C2H6/c1-5(12)6-2-3-7(13-4-6)8(9,10)11;1-2/h2-5H,12H2,1H3;1-2H3/p+1/t5-;/m1./s1. The SMILES string of the molecule is CC.C[C@@H](N)c1ccc(C(F)(F)F)[nH+]c1. The maximum atomic E-state index is 12.1. The summed E-state index contributed by atoms with van der Waals surface area (Å²) in [5.41, 5.74) is 5.35. The van der Waals surface area contributed by atoms with Gasteiger partial charge in [0.05, 0.1) is 0 Å². The molecule has 0 aromatic carbocycles. The van der Waals surface area contributed by atoms with E-state index in [1.807, 2.05) is 13.8 Å². The first-order chi connectivity index (χ1) is 6.91. The van der Waals surface area contributed by atoms with Gasteiger partial charge in [-0.05, 0) is 13.0 Å². The van der Waals surface area contributed by atoms with Crippen molar-refractivity contribution >= 4 is 0 Å². The lowest BCUT2D eigenvalue weighted by Crippen LogP contribution is -2.22. The summed E-state index contributed by atoms with van der Waals surface area (Å²) in [6, 6.07) is 2.08. The van der Waals surface area contributed by atoms with Gasteiger partial charge in [-0.2, -0.15) is 13.2 Å². The Morgan fingerprint density at radius 1 is 1.27 bits per heavy atom. The van der Waals surface area contributed by atoms with E-state index in [1.165, 1.54) is 12.3 Å². The molecule has 1 rings (SSSR count). The van der Waals surface area contributed by atoms with Crippen molar-refractivity contribution in [3.8, 4) is 0 Å². The van der Waals surface area contributed by atoms with Crippen LogP contribution in [0.1, 0.15) is 38.1 Å². The van der Waals surface area contributed by atoms with Crippen molar-refractivity contribution in [1.82, 2.24) is 0 Å². The number of halogens is 3. The molecule has 1 atom stereocenters. The molecule has 1 aromatic rings. The number of hydrogen-bond acceptors (Lipinski definition) is 1. The normalized spacial score (nSPS) is 12.7. The molecule has 0 fully saturated rings. The third kappa shape index (κ3) is 4.29. The summed E-state index contributed by atoms with van der Waals surface area (Å²) in [4.78, 5) is 2.15. The van der Waals surface area contributed by atoms with Crippen LogP contribution >= 0.6 is 0 Å². The van der Waals surface area contributed by atoms with Crippen molar-refractivity contribution in [3.63, 3.8) is 0 Å². The highest BCUT2D eigenvalue weighted by atomic mass is 19.4. The third-order valence-electron chi connectivity index (χ3n) is 1.67. The minimum atomic E-state index is -4.32. The second-order valence-electron chi connectivity index (χ2n) is 2.82. The van der Waals surface area contributed by atoms with E-state index in [2.05, 4.69) is 4.98 Å². The van der Waals surface area contributed by atoms with Crippen LogP contribution in [0.4, 0.5) is 13.2 Å². The van der Waals surface area contributed by atoms with E-state index in [9.17, 15) is 13.2 Å². The zero-order valence-electron chi connectivity index (χ0n) is 9.02. The first-order valence-electron chi connectivity index (χ1n) is 4.75. The first kappa shape index (κ1) is 13.9. The molecule has 0 aliphatic heterocycles. The lowest BCUT2D eigenvalue weighted by atomic mass is 10.1. The van der Waals surface area contributed by atoms with Crippen LogP contribution in [0.15, 0.2) is 18.3 Å². The lowest BCUT2D eigenvalue weighted by Gasteiger charge is -2.03. The molecule has 1 aromatic heterocycles. The Hall–Kier alpha value is -1.10. The van der Waals surface area contributed by atoms with Gasteiger partial charge in [-0.25, -0.2) is 4.98 Å². The van der Waals surface area contributed by atoms with Crippen LogP contribution in [0.25, 0.3) is 0 Å². The van der Waals surface area contributed by atoms with Crippen molar-refractivity contribution in [2.24, 2.45) is 5.73 Å². The maximum absolute atomic E-state index is 12.1. The number of aromatic amines is 1. The molecule has 0 radical (unpaired) electrons. The van der Waals surface area contributed by atoms with Crippen molar-refractivity contribution in [2.45, 2.75) is 33.0 Å². The second-order valence-corrected chi connectivity index (χ2v) is 2.82.